The summed E-state index contributed by atoms with van der Waals surface area (Å²) in [5.41, 5.74) is 0.683. The zero-order valence-corrected chi connectivity index (χ0v) is 21.8. The molecule has 1 amide bonds. The highest BCUT2D eigenvalue weighted by atomic mass is 32.2. The number of nitrogens with zero attached hydrogens (tertiary/aromatic N) is 2. The maximum Gasteiger partial charge on any atom is 0.247 e. The van der Waals surface area contributed by atoms with Gasteiger partial charge in [-0.3, -0.25) is 4.79 Å². The third-order valence-electron chi connectivity index (χ3n) is 6.69. The molecule has 0 saturated heterocycles. The molecule has 1 aromatic carbocycles. The third kappa shape index (κ3) is 5.94. The number of aliphatic hydroxyl groups is 1. The first-order valence-corrected chi connectivity index (χ1v) is 13.7. The van der Waals surface area contributed by atoms with E-state index in [1.165, 1.54) is 10.4 Å². The quantitative estimate of drug-likeness (QED) is 0.619. The second-order valence-electron chi connectivity index (χ2n) is 10.1. The maximum atomic E-state index is 13.5. The van der Waals surface area contributed by atoms with Gasteiger partial charge in [0.05, 0.1) is 13.2 Å². The zero-order chi connectivity index (χ0) is 25.0. The van der Waals surface area contributed by atoms with Crippen molar-refractivity contribution in [3.63, 3.8) is 0 Å². The average Bonchev–Trinajstić information content (AvgIpc) is 2.74. The third-order valence-corrected chi connectivity index (χ3v) is 8.71. The van der Waals surface area contributed by atoms with Crippen LogP contribution >= 0.6 is 0 Å². The van der Waals surface area contributed by atoms with Crippen LogP contribution in [0.4, 0.5) is 0 Å². The summed E-state index contributed by atoms with van der Waals surface area (Å²) in [7, 11) is -2.11. The van der Waals surface area contributed by atoms with Crippen molar-refractivity contribution in [3.8, 4) is 17.6 Å². The minimum absolute atomic E-state index is 0.0621. The molecule has 1 aliphatic heterocycles. The summed E-state index contributed by atoms with van der Waals surface area (Å²) in [6.45, 7) is 8.07. The van der Waals surface area contributed by atoms with Crippen molar-refractivity contribution in [3.05, 3.63) is 23.8 Å². The molecule has 1 fully saturated rings. The van der Waals surface area contributed by atoms with Crippen LogP contribution in [0, 0.1) is 29.6 Å². The van der Waals surface area contributed by atoms with Crippen LogP contribution in [0.15, 0.2) is 23.1 Å². The Morgan fingerprint density at radius 3 is 2.59 bits per heavy atom. The van der Waals surface area contributed by atoms with E-state index >= 15 is 0 Å². The predicted molar refractivity (Wildman–Crippen MR) is 132 cm³/mol. The van der Waals surface area contributed by atoms with E-state index in [2.05, 4.69) is 25.7 Å². The van der Waals surface area contributed by atoms with Gasteiger partial charge in [0.25, 0.3) is 0 Å². The fourth-order valence-corrected chi connectivity index (χ4v) is 6.03. The van der Waals surface area contributed by atoms with Crippen molar-refractivity contribution in [1.29, 1.82) is 0 Å². The van der Waals surface area contributed by atoms with Crippen LogP contribution in [0.2, 0.25) is 0 Å². The number of sulfonamides is 1. The largest absolute Gasteiger partial charge is 0.487 e. The van der Waals surface area contributed by atoms with E-state index in [1.54, 1.807) is 31.0 Å². The first-order chi connectivity index (χ1) is 16.0. The molecule has 1 heterocycles. The molecule has 188 valence electrons. The van der Waals surface area contributed by atoms with Crippen LogP contribution in [-0.2, 0) is 14.8 Å². The van der Waals surface area contributed by atoms with Gasteiger partial charge < -0.3 is 14.7 Å². The number of amides is 1. The lowest BCUT2D eigenvalue weighted by Crippen LogP contribution is -2.50. The maximum absolute atomic E-state index is 13.5. The monoisotopic (exact) mass is 490 g/mol. The van der Waals surface area contributed by atoms with Gasteiger partial charge in [-0.25, -0.2) is 8.42 Å². The number of aliphatic hydroxyl groups excluding tert-OH is 1. The first kappa shape index (κ1) is 26.5. The van der Waals surface area contributed by atoms with E-state index < -0.39 is 22.2 Å². The SMILES string of the molecule is CC(C)CC#Cc1ccc2c(c1)O[C@@H](CN(C)C(=O)C1CCC1)[C@@H](C)CN([C@@H](C)CO)S2(=O)=O. The van der Waals surface area contributed by atoms with Gasteiger partial charge in [-0.05, 0) is 43.9 Å². The van der Waals surface area contributed by atoms with E-state index in [9.17, 15) is 18.3 Å². The van der Waals surface area contributed by atoms with Crippen LogP contribution in [-0.4, -0.2) is 67.5 Å². The van der Waals surface area contributed by atoms with Crippen molar-refractivity contribution in [2.24, 2.45) is 17.8 Å². The summed E-state index contributed by atoms with van der Waals surface area (Å²) < 4.78 is 34.8. The number of hydrogen-bond acceptors (Lipinski definition) is 5. The fourth-order valence-electron chi connectivity index (χ4n) is 4.21. The topological polar surface area (TPSA) is 87.2 Å². The van der Waals surface area contributed by atoms with Crippen LogP contribution < -0.4 is 4.74 Å². The van der Waals surface area contributed by atoms with Gasteiger partial charge >= 0.3 is 0 Å². The molecule has 0 radical (unpaired) electrons. The molecular formula is C26H38N2O5S. The minimum atomic E-state index is -3.89. The van der Waals surface area contributed by atoms with Gasteiger partial charge in [0, 0.05) is 43.5 Å². The van der Waals surface area contributed by atoms with E-state index in [0.717, 1.165) is 25.7 Å². The smallest absolute Gasteiger partial charge is 0.247 e. The van der Waals surface area contributed by atoms with E-state index in [1.807, 2.05) is 6.92 Å². The molecule has 7 nitrogen and oxygen atoms in total. The van der Waals surface area contributed by atoms with Gasteiger partial charge in [0.15, 0.2) is 0 Å². The summed E-state index contributed by atoms with van der Waals surface area (Å²) >= 11 is 0. The highest BCUT2D eigenvalue weighted by molar-refractivity contribution is 7.89. The molecule has 0 bridgehead atoms. The Bertz CT molecular complexity index is 1040. The summed E-state index contributed by atoms with van der Waals surface area (Å²) in [5.74, 6) is 6.92. The van der Waals surface area contributed by atoms with E-state index in [0.29, 0.717) is 18.0 Å². The number of hydrogen-bond donors (Lipinski definition) is 1. The Labute approximate surface area is 204 Å². The molecule has 3 rings (SSSR count). The number of benzene rings is 1. The summed E-state index contributed by atoms with van der Waals surface area (Å²) in [4.78, 5) is 14.5. The number of likely N-dealkylation sites (N-methyl/N-ethyl adjacent to an activating group) is 1. The first-order valence-electron chi connectivity index (χ1n) is 12.2. The summed E-state index contributed by atoms with van der Waals surface area (Å²) in [6.07, 6.45) is 3.26. The van der Waals surface area contributed by atoms with E-state index in [4.69, 9.17) is 4.74 Å². The van der Waals surface area contributed by atoms with Crippen molar-refractivity contribution >= 4 is 15.9 Å². The Morgan fingerprint density at radius 1 is 1.29 bits per heavy atom. The number of rotatable bonds is 6. The van der Waals surface area contributed by atoms with Crippen LogP contribution in [0.25, 0.3) is 0 Å². The molecule has 1 saturated carbocycles. The van der Waals surface area contributed by atoms with Gasteiger partial charge in [-0.1, -0.05) is 39.0 Å². The van der Waals surface area contributed by atoms with Crippen LogP contribution in [0.5, 0.6) is 5.75 Å². The number of carbonyl (C=O) groups is 1. The number of carbonyl (C=O) groups excluding carboxylic acids is 1. The summed E-state index contributed by atoms with van der Waals surface area (Å²) in [6, 6.07) is 4.33. The van der Waals surface area contributed by atoms with E-state index in [-0.39, 0.29) is 41.5 Å². The Morgan fingerprint density at radius 2 is 2.00 bits per heavy atom. The molecule has 0 aromatic heterocycles. The van der Waals surface area contributed by atoms with Gasteiger partial charge in [-0.2, -0.15) is 4.31 Å². The molecule has 34 heavy (non-hydrogen) atoms. The Balaban J connectivity index is 1.98. The summed E-state index contributed by atoms with van der Waals surface area (Å²) in [5, 5.41) is 9.77. The molecule has 2 aliphatic rings. The van der Waals surface area contributed by atoms with Crippen LogP contribution in [0.3, 0.4) is 0 Å². The van der Waals surface area contributed by atoms with Gasteiger partial charge in [-0.15, -0.1) is 0 Å². The molecule has 1 N–H and O–H groups in total. The van der Waals surface area contributed by atoms with Crippen molar-refractivity contribution in [2.75, 3.05) is 26.7 Å². The second-order valence-corrected chi connectivity index (χ2v) is 12.0. The standard InChI is InChI=1S/C26H38N2O5S/c1-18(2)8-6-9-21-12-13-25-23(14-21)33-24(16-27(5)26(30)22-10-7-11-22)19(3)15-28(20(4)17-29)34(25,31)32/h12-14,18-20,22,24,29H,7-8,10-11,15-17H2,1-5H3/t19-,20-,24-/m0/s1. The van der Waals surface area contributed by atoms with Crippen molar-refractivity contribution in [2.45, 2.75) is 70.4 Å². The van der Waals surface area contributed by atoms with Gasteiger partial charge in [0.2, 0.25) is 15.9 Å². The number of fused-ring (bicyclic) bond motifs is 1. The normalized spacial score (nSPS) is 23.4. The lowest BCUT2D eigenvalue weighted by Gasteiger charge is -2.38. The average molecular weight is 491 g/mol. The van der Waals surface area contributed by atoms with Crippen molar-refractivity contribution in [1.82, 2.24) is 9.21 Å². The minimum Gasteiger partial charge on any atom is -0.487 e. The molecular weight excluding hydrogens is 452 g/mol. The molecule has 1 aromatic rings. The molecule has 8 heteroatoms. The van der Waals surface area contributed by atoms with Crippen LogP contribution in [0.1, 0.15) is 58.9 Å². The second kappa shape index (κ2) is 11.1. The molecule has 3 atom stereocenters. The predicted octanol–water partition coefficient (Wildman–Crippen LogP) is 3.11. The molecule has 1 aliphatic carbocycles. The lowest BCUT2D eigenvalue weighted by molar-refractivity contribution is -0.138. The van der Waals surface area contributed by atoms with Crippen molar-refractivity contribution < 1.29 is 23.1 Å². The highest BCUT2D eigenvalue weighted by Gasteiger charge is 2.39. The Hall–Kier alpha value is -2.08. The van der Waals surface area contributed by atoms with Gasteiger partial charge in [0.1, 0.15) is 16.7 Å². The number of ether oxygens (including phenoxy) is 1. The molecule has 0 unspecified atom stereocenters. The highest BCUT2D eigenvalue weighted by Crippen LogP contribution is 2.34. The zero-order valence-electron chi connectivity index (χ0n) is 21.0. The lowest BCUT2D eigenvalue weighted by atomic mass is 9.84. The Kier molecular flexibility index (Phi) is 8.66. The fraction of sp³-hybridized carbons (Fsp3) is 0.654. The molecule has 0 spiro atoms.